The quantitative estimate of drug-likeness (QED) is 0.873. The van der Waals surface area contributed by atoms with Gasteiger partial charge in [0.2, 0.25) is 0 Å². The lowest BCUT2D eigenvalue weighted by Gasteiger charge is -2.11. The third-order valence-electron chi connectivity index (χ3n) is 3.20. The van der Waals surface area contributed by atoms with Crippen LogP contribution >= 0.6 is 15.9 Å². The Kier molecular flexibility index (Phi) is 4.45. The highest BCUT2D eigenvalue weighted by Gasteiger charge is 2.06. The van der Waals surface area contributed by atoms with Crippen molar-refractivity contribution in [2.75, 3.05) is 5.32 Å². The number of hydrogen-bond acceptors (Lipinski definition) is 2. The van der Waals surface area contributed by atoms with Gasteiger partial charge in [-0.1, -0.05) is 34.1 Å². The molecule has 0 saturated carbocycles. The van der Waals surface area contributed by atoms with Gasteiger partial charge in [-0.3, -0.25) is 0 Å². The van der Waals surface area contributed by atoms with Crippen LogP contribution in [0.25, 0.3) is 0 Å². The van der Waals surface area contributed by atoms with E-state index in [-0.39, 0.29) is 0 Å². The van der Waals surface area contributed by atoms with Crippen LogP contribution in [0.5, 0.6) is 0 Å². The number of nitrogens with one attached hydrogen (secondary N) is 1. The molecule has 0 amide bonds. The average molecular weight is 334 g/mol. The molecule has 0 heterocycles. The lowest BCUT2D eigenvalue weighted by Crippen LogP contribution is -2.04. The minimum atomic E-state index is -0.911. The van der Waals surface area contributed by atoms with E-state index in [4.69, 9.17) is 5.11 Å². The van der Waals surface area contributed by atoms with Gasteiger partial charge >= 0.3 is 5.97 Å². The van der Waals surface area contributed by atoms with Crippen LogP contribution < -0.4 is 5.32 Å². The van der Waals surface area contributed by atoms with E-state index in [2.05, 4.69) is 39.4 Å². The van der Waals surface area contributed by atoms with Gasteiger partial charge in [-0.25, -0.2) is 4.79 Å². The van der Waals surface area contributed by atoms with Crippen LogP contribution in [0.2, 0.25) is 0 Å². The smallest absolute Gasteiger partial charge is 0.335 e. The molecule has 0 aromatic heterocycles. The molecule has 2 N–H and O–H groups in total. The molecule has 0 spiro atoms. The van der Waals surface area contributed by atoms with Crippen LogP contribution in [0.1, 0.15) is 27.0 Å². The fourth-order valence-corrected chi connectivity index (χ4v) is 2.32. The molecular weight excluding hydrogens is 318 g/mol. The lowest BCUT2D eigenvalue weighted by molar-refractivity contribution is 0.0697. The predicted octanol–water partition coefficient (Wildman–Crippen LogP) is 4.38. The summed E-state index contributed by atoms with van der Waals surface area (Å²) >= 11 is 3.51. The van der Waals surface area contributed by atoms with Gasteiger partial charge in [0, 0.05) is 16.7 Å². The molecule has 3 nitrogen and oxygen atoms in total. The van der Waals surface area contributed by atoms with Crippen molar-refractivity contribution < 1.29 is 9.90 Å². The van der Waals surface area contributed by atoms with Gasteiger partial charge < -0.3 is 10.4 Å². The molecule has 0 aliphatic heterocycles. The molecule has 0 atom stereocenters. The minimum Gasteiger partial charge on any atom is -0.478 e. The number of aromatic carboxylic acids is 1. The van der Waals surface area contributed by atoms with Crippen LogP contribution in [-0.2, 0) is 6.54 Å². The van der Waals surface area contributed by atoms with Crippen molar-refractivity contribution in [3.63, 3.8) is 0 Å². The summed E-state index contributed by atoms with van der Waals surface area (Å²) in [5.41, 5.74) is 4.51. The highest BCUT2D eigenvalue weighted by Crippen LogP contribution is 2.20. The summed E-state index contributed by atoms with van der Waals surface area (Å²) in [6.45, 7) is 4.66. The molecule has 0 aliphatic rings. The van der Waals surface area contributed by atoms with Gasteiger partial charge in [0.25, 0.3) is 0 Å². The first-order valence-corrected chi connectivity index (χ1v) is 7.09. The summed E-state index contributed by atoms with van der Waals surface area (Å²) in [6, 6.07) is 11.3. The molecular formula is C16H16BrNO2. The van der Waals surface area contributed by atoms with E-state index in [9.17, 15) is 4.79 Å². The first kappa shape index (κ1) is 14.6. The topological polar surface area (TPSA) is 49.3 Å². The van der Waals surface area contributed by atoms with Crippen molar-refractivity contribution >= 4 is 27.6 Å². The molecule has 0 aliphatic carbocycles. The van der Waals surface area contributed by atoms with Crippen molar-refractivity contribution in [2.24, 2.45) is 0 Å². The number of rotatable bonds is 4. The Bertz CT molecular complexity index is 653. The Balaban J connectivity index is 2.15. The van der Waals surface area contributed by atoms with E-state index in [0.717, 1.165) is 21.3 Å². The highest BCUT2D eigenvalue weighted by molar-refractivity contribution is 9.10. The van der Waals surface area contributed by atoms with Crippen LogP contribution in [-0.4, -0.2) is 11.1 Å². The van der Waals surface area contributed by atoms with Crippen molar-refractivity contribution in [1.82, 2.24) is 0 Å². The summed E-state index contributed by atoms with van der Waals surface area (Å²) in [7, 11) is 0. The lowest BCUT2D eigenvalue weighted by atomic mass is 10.1. The second kappa shape index (κ2) is 6.09. The van der Waals surface area contributed by atoms with Gasteiger partial charge in [-0.2, -0.15) is 0 Å². The molecule has 4 heteroatoms. The van der Waals surface area contributed by atoms with E-state index >= 15 is 0 Å². The van der Waals surface area contributed by atoms with Crippen molar-refractivity contribution in [3.8, 4) is 0 Å². The molecule has 0 bridgehead atoms. The Labute approximate surface area is 126 Å². The third kappa shape index (κ3) is 3.39. The number of benzene rings is 2. The van der Waals surface area contributed by atoms with Crippen LogP contribution in [0, 0.1) is 13.8 Å². The number of anilines is 1. The summed E-state index contributed by atoms with van der Waals surface area (Å²) < 4.78 is 1.08. The Hall–Kier alpha value is -1.81. The first-order chi connectivity index (χ1) is 9.47. The molecule has 20 heavy (non-hydrogen) atoms. The molecule has 2 aromatic rings. The maximum Gasteiger partial charge on any atom is 0.335 e. The molecule has 2 aromatic carbocycles. The van der Waals surface area contributed by atoms with Crippen molar-refractivity contribution in [1.29, 1.82) is 0 Å². The number of halogens is 1. The number of carboxylic acids is 1. The number of carboxylic acid groups (broad SMARTS) is 1. The molecule has 0 radical (unpaired) electrons. The van der Waals surface area contributed by atoms with Gasteiger partial charge in [-0.15, -0.1) is 0 Å². The van der Waals surface area contributed by atoms with Crippen LogP contribution in [0.3, 0.4) is 0 Å². The largest absolute Gasteiger partial charge is 0.478 e. The highest BCUT2D eigenvalue weighted by atomic mass is 79.9. The normalized spacial score (nSPS) is 10.3. The average Bonchev–Trinajstić information content (AvgIpc) is 2.41. The van der Waals surface area contributed by atoms with Crippen molar-refractivity contribution in [3.05, 3.63) is 63.1 Å². The van der Waals surface area contributed by atoms with Crippen LogP contribution in [0.15, 0.2) is 40.9 Å². The van der Waals surface area contributed by atoms with Crippen molar-refractivity contribution in [2.45, 2.75) is 20.4 Å². The number of hydrogen-bond donors (Lipinski definition) is 2. The zero-order chi connectivity index (χ0) is 14.7. The zero-order valence-electron chi connectivity index (χ0n) is 11.4. The van der Waals surface area contributed by atoms with Gasteiger partial charge in [0.1, 0.15) is 0 Å². The fourth-order valence-electron chi connectivity index (χ4n) is 1.89. The van der Waals surface area contributed by atoms with E-state index in [1.165, 1.54) is 5.56 Å². The van der Waals surface area contributed by atoms with E-state index in [1.54, 1.807) is 12.1 Å². The molecule has 104 valence electrons. The maximum atomic E-state index is 11.0. The summed E-state index contributed by atoms with van der Waals surface area (Å²) in [6.07, 6.45) is 0. The second-order valence-electron chi connectivity index (χ2n) is 4.77. The Morgan fingerprint density at radius 3 is 2.50 bits per heavy atom. The van der Waals surface area contributed by atoms with Crippen LogP contribution in [0.4, 0.5) is 5.69 Å². The number of aryl methyl sites for hydroxylation is 2. The Morgan fingerprint density at radius 2 is 1.85 bits per heavy atom. The minimum absolute atomic E-state index is 0.295. The second-order valence-corrected chi connectivity index (χ2v) is 5.63. The fraction of sp³-hybridized carbons (Fsp3) is 0.188. The Morgan fingerprint density at radius 1 is 1.15 bits per heavy atom. The van der Waals surface area contributed by atoms with Gasteiger partial charge in [0.15, 0.2) is 0 Å². The van der Waals surface area contributed by atoms with Gasteiger partial charge in [0.05, 0.1) is 5.56 Å². The summed E-state index contributed by atoms with van der Waals surface area (Å²) in [5, 5.41) is 12.3. The molecule has 0 saturated heterocycles. The first-order valence-electron chi connectivity index (χ1n) is 6.30. The van der Waals surface area contributed by atoms with E-state index in [1.807, 2.05) is 19.9 Å². The molecule has 2 rings (SSSR count). The van der Waals surface area contributed by atoms with E-state index < -0.39 is 5.97 Å². The van der Waals surface area contributed by atoms with Gasteiger partial charge in [-0.05, 0) is 48.7 Å². The monoisotopic (exact) mass is 333 g/mol. The van der Waals surface area contributed by atoms with E-state index in [0.29, 0.717) is 12.1 Å². The molecule has 0 unspecified atom stereocenters. The third-order valence-corrected chi connectivity index (χ3v) is 4.06. The predicted molar refractivity (Wildman–Crippen MR) is 84.3 cm³/mol. The number of carbonyl (C=O) groups is 1. The SMILES string of the molecule is Cc1ccc(CNc2cc(C(=O)O)ccc2C)cc1Br. The maximum absolute atomic E-state index is 11.0. The standard InChI is InChI=1S/C16H16BrNO2/c1-10-3-5-12(7-14(10)17)9-18-15-8-13(16(19)20)6-4-11(15)2/h3-8,18H,9H2,1-2H3,(H,19,20). The summed E-state index contributed by atoms with van der Waals surface area (Å²) in [5.74, 6) is -0.911. The zero-order valence-corrected chi connectivity index (χ0v) is 13.0. The molecule has 0 fully saturated rings. The summed E-state index contributed by atoms with van der Waals surface area (Å²) in [4.78, 5) is 11.0.